The van der Waals surface area contributed by atoms with Crippen molar-refractivity contribution in [1.29, 1.82) is 0 Å². The van der Waals surface area contributed by atoms with Crippen molar-refractivity contribution in [2.24, 2.45) is 0 Å². The summed E-state index contributed by atoms with van der Waals surface area (Å²) in [5.41, 5.74) is 0.469. The molecular weight excluding hydrogens is 316 g/mol. The van der Waals surface area contributed by atoms with E-state index in [9.17, 15) is 13.6 Å². The molecule has 0 unspecified atom stereocenters. The normalized spacial score (nSPS) is 11.7. The van der Waals surface area contributed by atoms with Crippen LogP contribution in [0.2, 0.25) is 0 Å². The van der Waals surface area contributed by atoms with E-state index in [0.29, 0.717) is 23.7 Å². The first kappa shape index (κ1) is 17.7. The van der Waals surface area contributed by atoms with Crippen LogP contribution in [0.5, 0.6) is 11.5 Å². The molecule has 0 spiro atoms. The minimum Gasteiger partial charge on any atom is -0.490 e. The quantitative estimate of drug-likeness (QED) is 0.841. The van der Waals surface area contributed by atoms with E-state index < -0.39 is 17.7 Å². The molecule has 0 heterocycles. The largest absolute Gasteiger partial charge is 0.490 e. The third-order valence-corrected chi connectivity index (χ3v) is 3.33. The summed E-state index contributed by atoms with van der Waals surface area (Å²) in [4.78, 5) is 12.0. The van der Waals surface area contributed by atoms with Gasteiger partial charge in [0.15, 0.2) is 29.7 Å². The van der Waals surface area contributed by atoms with Gasteiger partial charge in [0.25, 0.3) is 5.91 Å². The van der Waals surface area contributed by atoms with E-state index >= 15 is 0 Å². The van der Waals surface area contributed by atoms with Crippen molar-refractivity contribution in [2.75, 3.05) is 13.2 Å². The number of hydrogen-bond acceptors (Lipinski definition) is 3. The van der Waals surface area contributed by atoms with Gasteiger partial charge in [0.1, 0.15) is 0 Å². The average Bonchev–Trinajstić information content (AvgIpc) is 2.56. The van der Waals surface area contributed by atoms with Gasteiger partial charge >= 0.3 is 0 Å². The Kier molecular flexibility index (Phi) is 6.12. The van der Waals surface area contributed by atoms with Crippen LogP contribution in [0.3, 0.4) is 0 Å². The van der Waals surface area contributed by atoms with E-state index in [1.54, 1.807) is 25.1 Å². The number of ether oxygens (including phenoxy) is 2. The van der Waals surface area contributed by atoms with Crippen molar-refractivity contribution in [1.82, 2.24) is 5.32 Å². The van der Waals surface area contributed by atoms with E-state index in [4.69, 9.17) is 9.47 Å². The van der Waals surface area contributed by atoms with Crippen LogP contribution in [0.15, 0.2) is 42.5 Å². The van der Waals surface area contributed by atoms with Gasteiger partial charge in [-0.1, -0.05) is 18.2 Å². The molecule has 24 heavy (non-hydrogen) atoms. The van der Waals surface area contributed by atoms with Gasteiger partial charge < -0.3 is 14.8 Å². The summed E-state index contributed by atoms with van der Waals surface area (Å²) in [7, 11) is 0. The molecule has 4 nitrogen and oxygen atoms in total. The molecule has 0 aliphatic carbocycles. The van der Waals surface area contributed by atoms with E-state index in [0.717, 1.165) is 12.1 Å². The molecule has 0 bridgehead atoms. The smallest absolute Gasteiger partial charge is 0.258 e. The lowest BCUT2D eigenvalue weighted by Crippen LogP contribution is -2.31. The van der Waals surface area contributed by atoms with Gasteiger partial charge in [-0.15, -0.1) is 0 Å². The lowest BCUT2D eigenvalue weighted by Gasteiger charge is -2.16. The Morgan fingerprint density at radius 2 is 1.75 bits per heavy atom. The number of hydrogen-bond donors (Lipinski definition) is 1. The fourth-order valence-corrected chi connectivity index (χ4v) is 2.14. The van der Waals surface area contributed by atoms with Crippen LogP contribution in [-0.4, -0.2) is 19.1 Å². The Labute approximate surface area is 139 Å². The zero-order chi connectivity index (χ0) is 17.5. The van der Waals surface area contributed by atoms with Gasteiger partial charge in [-0.25, -0.2) is 8.78 Å². The molecule has 2 aromatic rings. The Morgan fingerprint density at radius 1 is 1.08 bits per heavy atom. The summed E-state index contributed by atoms with van der Waals surface area (Å²) >= 11 is 0. The number of rotatable bonds is 7. The lowest BCUT2D eigenvalue weighted by molar-refractivity contribution is -0.123. The molecule has 0 saturated heterocycles. The molecule has 0 saturated carbocycles. The summed E-state index contributed by atoms with van der Waals surface area (Å²) < 4.78 is 37.0. The van der Waals surface area contributed by atoms with Crippen molar-refractivity contribution in [3.05, 3.63) is 59.7 Å². The first-order valence-electron chi connectivity index (χ1n) is 7.60. The predicted molar refractivity (Wildman–Crippen MR) is 86.0 cm³/mol. The van der Waals surface area contributed by atoms with Gasteiger partial charge in [-0.05, 0) is 43.7 Å². The standard InChI is InChI=1S/C18H19F2NO3/c1-3-23-16-6-4-5-7-17(16)24-11-18(22)21-12(2)13-8-9-14(19)15(20)10-13/h4-10,12H,3,11H2,1-2H3,(H,21,22)/t12-/m0/s1. The number of benzene rings is 2. The molecule has 0 radical (unpaired) electrons. The molecule has 128 valence electrons. The van der Waals surface area contributed by atoms with Gasteiger partial charge in [0.05, 0.1) is 12.6 Å². The molecule has 2 aromatic carbocycles. The fourth-order valence-electron chi connectivity index (χ4n) is 2.14. The first-order valence-corrected chi connectivity index (χ1v) is 7.60. The van der Waals surface area contributed by atoms with Crippen LogP contribution in [0.25, 0.3) is 0 Å². The molecule has 2 rings (SSSR count). The summed E-state index contributed by atoms with van der Waals surface area (Å²) in [5, 5.41) is 2.67. The fraction of sp³-hybridized carbons (Fsp3) is 0.278. The highest BCUT2D eigenvalue weighted by Gasteiger charge is 2.13. The molecule has 1 atom stereocenters. The van der Waals surface area contributed by atoms with E-state index in [1.165, 1.54) is 6.07 Å². The molecule has 6 heteroatoms. The highest BCUT2D eigenvalue weighted by atomic mass is 19.2. The number of carbonyl (C=O) groups is 1. The van der Waals surface area contributed by atoms with E-state index in [-0.39, 0.29) is 12.5 Å². The van der Waals surface area contributed by atoms with Crippen molar-refractivity contribution in [3.63, 3.8) is 0 Å². The van der Waals surface area contributed by atoms with E-state index in [2.05, 4.69) is 5.32 Å². The number of nitrogens with one attached hydrogen (secondary N) is 1. The van der Waals surface area contributed by atoms with Crippen molar-refractivity contribution >= 4 is 5.91 Å². The molecule has 0 fully saturated rings. The highest BCUT2D eigenvalue weighted by molar-refractivity contribution is 5.78. The van der Waals surface area contributed by atoms with Crippen LogP contribution in [0, 0.1) is 11.6 Å². The minimum atomic E-state index is -0.949. The molecular formula is C18H19F2NO3. The van der Waals surface area contributed by atoms with Gasteiger partial charge in [0, 0.05) is 0 Å². The van der Waals surface area contributed by atoms with Crippen LogP contribution >= 0.6 is 0 Å². The number of carbonyl (C=O) groups excluding carboxylic acids is 1. The summed E-state index contributed by atoms with van der Waals surface area (Å²) in [6, 6.07) is 10.1. The second-order valence-corrected chi connectivity index (χ2v) is 5.13. The monoisotopic (exact) mass is 335 g/mol. The third-order valence-electron chi connectivity index (χ3n) is 3.33. The number of halogens is 2. The molecule has 0 aliphatic heterocycles. The highest BCUT2D eigenvalue weighted by Crippen LogP contribution is 2.26. The maximum Gasteiger partial charge on any atom is 0.258 e. The van der Waals surface area contributed by atoms with Crippen LogP contribution in [-0.2, 0) is 4.79 Å². The Hall–Kier alpha value is -2.63. The summed E-state index contributed by atoms with van der Waals surface area (Å²) in [5.74, 6) is -1.22. The first-order chi connectivity index (χ1) is 11.5. The van der Waals surface area contributed by atoms with Gasteiger partial charge in [-0.3, -0.25) is 4.79 Å². The Bertz CT molecular complexity index is 706. The number of amides is 1. The molecule has 1 amide bonds. The third kappa shape index (κ3) is 4.68. The Morgan fingerprint density at radius 3 is 2.38 bits per heavy atom. The zero-order valence-electron chi connectivity index (χ0n) is 13.5. The second-order valence-electron chi connectivity index (χ2n) is 5.13. The van der Waals surface area contributed by atoms with Crippen molar-refractivity contribution in [3.8, 4) is 11.5 Å². The van der Waals surface area contributed by atoms with Gasteiger partial charge in [0.2, 0.25) is 0 Å². The molecule has 0 aromatic heterocycles. The predicted octanol–water partition coefficient (Wildman–Crippen LogP) is 3.62. The summed E-state index contributed by atoms with van der Waals surface area (Å²) in [6.07, 6.45) is 0. The number of para-hydroxylation sites is 2. The zero-order valence-corrected chi connectivity index (χ0v) is 13.5. The van der Waals surface area contributed by atoms with E-state index in [1.807, 2.05) is 13.0 Å². The topological polar surface area (TPSA) is 47.6 Å². The van der Waals surface area contributed by atoms with Crippen LogP contribution < -0.4 is 14.8 Å². The van der Waals surface area contributed by atoms with Crippen molar-refractivity contribution in [2.45, 2.75) is 19.9 Å². The van der Waals surface area contributed by atoms with Crippen LogP contribution in [0.4, 0.5) is 8.78 Å². The maximum absolute atomic E-state index is 13.2. The van der Waals surface area contributed by atoms with Crippen molar-refractivity contribution < 1.29 is 23.0 Å². The van der Waals surface area contributed by atoms with Gasteiger partial charge in [-0.2, -0.15) is 0 Å². The molecule has 1 N–H and O–H groups in total. The lowest BCUT2D eigenvalue weighted by atomic mass is 10.1. The SMILES string of the molecule is CCOc1ccccc1OCC(=O)N[C@@H](C)c1ccc(F)c(F)c1. The van der Waals surface area contributed by atoms with Crippen LogP contribution in [0.1, 0.15) is 25.5 Å². The Balaban J connectivity index is 1.92. The maximum atomic E-state index is 13.2. The average molecular weight is 335 g/mol. The molecule has 0 aliphatic rings. The summed E-state index contributed by atoms with van der Waals surface area (Å²) in [6.45, 7) is 3.81. The minimum absolute atomic E-state index is 0.210. The second kappa shape index (κ2) is 8.29.